The Morgan fingerprint density at radius 2 is 1.96 bits per heavy atom. The number of rotatable bonds is 4. The first kappa shape index (κ1) is 18.0. The maximum Gasteiger partial charge on any atom is 0.492 e. The summed E-state index contributed by atoms with van der Waals surface area (Å²) in [7, 11) is -0.565. The Hall–Kier alpha value is -1.37. The third-order valence-electron chi connectivity index (χ3n) is 4.21. The zero-order chi connectivity index (χ0) is 17.3. The second-order valence-electron chi connectivity index (χ2n) is 6.59. The molecule has 1 aromatic heterocycles. The van der Waals surface area contributed by atoms with Crippen molar-refractivity contribution in [2.24, 2.45) is 0 Å². The van der Waals surface area contributed by atoms with E-state index in [1.54, 1.807) is 24.4 Å². The summed E-state index contributed by atoms with van der Waals surface area (Å²) in [5.41, 5.74) is 0.464. The van der Waals surface area contributed by atoms with Gasteiger partial charge >= 0.3 is 7.12 Å². The third kappa shape index (κ3) is 4.13. The number of aromatic nitrogens is 1. The van der Waals surface area contributed by atoms with Gasteiger partial charge in [0.2, 0.25) is 5.91 Å². The largest absolute Gasteiger partial charge is 0.492 e. The van der Waals surface area contributed by atoms with Gasteiger partial charge in [0.05, 0.1) is 21.9 Å². The van der Waals surface area contributed by atoms with Crippen molar-refractivity contribution in [3.05, 3.63) is 34.5 Å². The van der Waals surface area contributed by atoms with Gasteiger partial charge < -0.3 is 14.6 Å². The van der Waals surface area contributed by atoms with Crippen LogP contribution in [0.2, 0.25) is 5.02 Å². The van der Waals surface area contributed by atoms with E-state index in [9.17, 15) is 4.79 Å². The molecule has 124 valence electrons. The Bertz CT molecular complexity index is 616. The first-order valence-corrected chi connectivity index (χ1v) is 7.91. The SMILES string of the molecule is CC(=O)NCC(=Cc1ncccc1Cl)B1OC(C)(C)C(C)(C)O1. The first-order valence-electron chi connectivity index (χ1n) is 7.53. The standard InChI is InChI=1S/C16H22BClN2O3/c1-11(21)20-10-12(9-14-13(18)7-6-8-19-14)17-22-15(2,3)16(4,5)23-17/h6-9H,10H2,1-5H3,(H,20,21). The fraction of sp³-hybridized carbons (Fsp3) is 0.500. The highest BCUT2D eigenvalue weighted by atomic mass is 35.5. The number of carbonyl (C=O) groups excluding carboxylic acids is 1. The quantitative estimate of drug-likeness (QED) is 0.859. The normalized spacial score (nSPS) is 19.7. The van der Waals surface area contributed by atoms with Gasteiger partial charge in [-0.05, 0) is 51.4 Å². The summed E-state index contributed by atoms with van der Waals surface area (Å²) in [6, 6.07) is 3.53. The summed E-state index contributed by atoms with van der Waals surface area (Å²) >= 11 is 6.17. The van der Waals surface area contributed by atoms with Gasteiger partial charge in [-0.1, -0.05) is 11.6 Å². The molecule has 0 aromatic carbocycles. The fourth-order valence-corrected chi connectivity index (χ4v) is 2.28. The summed E-state index contributed by atoms with van der Waals surface area (Å²) in [4.78, 5) is 15.5. The summed E-state index contributed by atoms with van der Waals surface area (Å²) < 4.78 is 12.1. The molecule has 1 aliphatic heterocycles. The molecule has 0 aliphatic carbocycles. The first-order chi connectivity index (χ1) is 10.6. The van der Waals surface area contributed by atoms with Gasteiger partial charge in [-0.2, -0.15) is 0 Å². The van der Waals surface area contributed by atoms with Gasteiger partial charge in [0, 0.05) is 19.7 Å². The van der Waals surface area contributed by atoms with E-state index in [-0.39, 0.29) is 5.91 Å². The van der Waals surface area contributed by atoms with E-state index < -0.39 is 18.3 Å². The maximum atomic E-state index is 11.3. The zero-order valence-corrected chi connectivity index (χ0v) is 14.9. The van der Waals surface area contributed by atoms with Crippen molar-refractivity contribution in [3.63, 3.8) is 0 Å². The van der Waals surface area contributed by atoms with Crippen LogP contribution in [-0.2, 0) is 14.1 Å². The van der Waals surface area contributed by atoms with E-state index in [1.165, 1.54) is 6.92 Å². The Morgan fingerprint density at radius 3 is 2.48 bits per heavy atom. The second kappa shape index (κ2) is 6.63. The summed E-state index contributed by atoms with van der Waals surface area (Å²) in [5.74, 6) is -0.125. The molecule has 0 radical (unpaired) electrons. The van der Waals surface area contributed by atoms with E-state index in [0.717, 1.165) is 5.47 Å². The molecule has 0 bridgehead atoms. The number of nitrogens with zero attached hydrogens (tertiary/aromatic N) is 1. The molecule has 0 saturated carbocycles. The van der Waals surface area contributed by atoms with Gasteiger partial charge in [-0.25, -0.2) is 0 Å². The molecule has 2 rings (SSSR count). The van der Waals surface area contributed by atoms with Crippen LogP contribution < -0.4 is 5.32 Å². The number of halogens is 1. The third-order valence-corrected chi connectivity index (χ3v) is 4.53. The highest BCUT2D eigenvalue weighted by Gasteiger charge is 2.52. The molecule has 23 heavy (non-hydrogen) atoms. The van der Waals surface area contributed by atoms with E-state index >= 15 is 0 Å². The van der Waals surface area contributed by atoms with Crippen molar-refractivity contribution < 1.29 is 14.1 Å². The van der Waals surface area contributed by atoms with Crippen LogP contribution in [-0.4, -0.2) is 35.8 Å². The maximum absolute atomic E-state index is 11.3. The van der Waals surface area contributed by atoms with Gasteiger partial charge in [-0.3, -0.25) is 9.78 Å². The highest BCUT2D eigenvalue weighted by Crippen LogP contribution is 2.38. The number of hydrogen-bond donors (Lipinski definition) is 1. The topological polar surface area (TPSA) is 60.5 Å². The van der Waals surface area contributed by atoms with E-state index in [4.69, 9.17) is 20.9 Å². The lowest BCUT2D eigenvalue weighted by Gasteiger charge is -2.32. The number of carbonyl (C=O) groups is 1. The van der Waals surface area contributed by atoms with Crippen molar-refractivity contribution in [2.75, 3.05) is 6.54 Å². The van der Waals surface area contributed by atoms with Crippen LogP contribution in [0.3, 0.4) is 0 Å². The van der Waals surface area contributed by atoms with Crippen LogP contribution in [0.25, 0.3) is 6.08 Å². The molecule has 0 spiro atoms. The average molecular weight is 337 g/mol. The zero-order valence-electron chi connectivity index (χ0n) is 14.1. The number of nitrogens with one attached hydrogen (secondary N) is 1. The minimum Gasteiger partial charge on any atom is -0.400 e. The lowest BCUT2D eigenvalue weighted by molar-refractivity contribution is -0.118. The van der Waals surface area contributed by atoms with Gasteiger partial charge in [0.1, 0.15) is 0 Å². The molecule has 1 aliphatic rings. The van der Waals surface area contributed by atoms with Crippen molar-refractivity contribution >= 4 is 30.7 Å². The van der Waals surface area contributed by atoms with Crippen LogP contribution in [0, 0.1) is 0 Å². The van der Waals surface area contributed by atoms with Crippen LogP contribution in [0.1, 0.15) is 40.3 Å². The Labute approximate surface area is 142 Å². The average Bonchev–Trinajstić information content (AvgIpc) is 2.65. The van der Waals surface area contributed by atoms with Crippen molar-refractivity contribution in [3.8, 4) is 0 Å². The molecule has 7 heteroatoms. The number of hydrogen-bond acceptors (Lipinski definition) is 4. The predicted molar refractivity (Wildman–Crippen MR) is 92.0 cm³/mol. The van der Waals surface area contributed by atoms with E-state index in [0.29, 0.717) is 17.3 Å². The second-order valence-corrected chi connectivity index (χ2v) is 6.99. The van der Waals surface area contributed by atoms with Gasteiger partial charge in [0.25, 0.3) is 0 Å². The lowest BCUT2D eigenvalue weighted by Crippen LogP contribution is -2.41. The summed E-state index contributed by atoms with van der Waals surface area (Å²) in [6.07, 6.45) is 3.47. The van der Waals surface area contributed by atoms with Gasteiger partial charge in [0.15, 0.2) is 0 Å². The van der Waals surface area contributed by atoms with Crippen molar-refractivity contribution in [2.45, 2.75) is 45.8 Å². The van der Waals surface area contributed by atoms with Crippen LogP contribution in [0.4, 0.5) is 0 Å². The molecule has 0 atom stereocenters. The summed E-state index contributed by atoms with van der Waals surface area (Å²) in [5, 5.41) is 3.31. The van der Waals surface area contributed by atoms with Crippen LogP contribution in [0.15, 0.2) is 23.8 Å². The molecular weight excluding hydrogens is 314 g/mol. The molecule has 1 N–H and O–H groups in total. The minimum atomic E-state index is -0.565. The molecule has 1 fully saturated rings. The minimum absolute atomic E-state index is 0.125. The van der Waals surface area contributed by atoms with E-state index in [1.807, 2.05) is 27.7 Å². The molecule has 1 saturated heterocycles. The smallest absolute Gasteiger partial charge is 0.400 e. The molecular formula is C16H22BClN2O3. The molecule has 0 unspecified atom stereocenters. The highest BCUT2D eigenvalue weighted by molar-refractivity contribution is 6.56. The van der Waals surface area contributed by atoms with Crippen molar-refractivity contribution in [1.29, 1.82) is 0 Å². The van der Waals surface area contributed by atoms with Crippen LogP contribution in [0.5, 0.6) is 0 Å². The fourth-order valence-electron chi connectivity index (χ4n) is 2.10. The Balaban J connectivity index is 2.32. The van der Waals surface area contributed by atoms with Crippen molar-refractivity contribution in [1.82, 2.24) is 10.3 Å². The molecule has 5 nitrogen and oxygen atoms in total. The van der Waals surface area contributed by atoms with Gasteiger partial charge in [-0.15, -0.1) is 0 Å². The van der Waals surface area contributed by atoms with E-state index in [2.05, 4.69) is 10.3 Å². The lowest BCUT2D eigenvalue weighted by atomic mass is 9.77. The molecule has 1 aromatic rings. The van der Waals surface area contributed by atoms with Crippen LogP contribution >= 0.6 is 11.6 Å². The predicted octanol–water partition coefficient (Wildman–Crippen LogP) is 2.89. The Kier molecular flexibility index (Phi) is 5.18. The molecule has 2 heterocycles. The number of pyridine rings is 1. The monoisotopic (exact) mass is 336 g/mol. The Morgan fingerprint density at radius 1 is 1.35 bits per heavy atom. The number of amides is 1. The summed E-state index contributed by atoms with van der Waals surface area (Å²) in [6.45, 7) is 9.70. The molecule has 1 amide bonds.